The van der Waals surface area contributed by atoms with Crippen molar-refractivity contribution >= 4 is 11.0 Å². The zero-order valence-electron chi connectivity index (χ0n) is 15.5. The molecule has 1 aliphatic rings. The number of nitrogens with zero attached hydrogens (tertiary/aromatic N) is 6. The van der Waals surface area contributed by atoms with Crippen LogP contribution in [0.2, 0.25) is 0 Å². The molecule has 0 saturated carbocycles. The van der Waals surface area contributed by atoms with E-state index in [1.807, 2.05) is 0 Å². The van der Waals surface area contributed by atoms with Crippen LogP contribution in [0.15, 0.2) is 15.5 Å². The van der Waals surface area contributed by atoms with Crippen molar-refractivity contribution in [1.29, 1.82) is 0 Å². The Morgan fingerprint density at radius 1 is 1.37 bits per heavy atom. The van der Waals surface area contributed by atoms with Gasteiger partial charge in [-0.3, -0.25) is 14.4 Å². The van der Waals surface area contributed by atoms with Crippen molar-refractivity contribution in [3.8, 4) is 0 Å². The van der Waals surface area contributed by atoms with E-state index in [0.717, 1.165) is 25.8 Å². The summed E-state index contributed by atoms with van der Waals surface area (Å²) in [4.78, 5) is 26.5. The number of rotatable bonds is 6. The molecule has 0 spiro atoms. The molecule has 1 fully saturated rings. The number of hydrogen-bond acceptors (Lipinski definition) is 8. The molecule has 4 rings (SSSR count). The van der Waals surface area contributed by atoms with Crippen molar-refractivity contribution in [3.05, 3.63) is 34.1 Å². The van der Waals surface area contributed by atoms with Gasteiger partial charge in [0.15, 0.2) is 11.5 Å². The quantitative estimate of drug-likeness (QED) is 0.679. The second-order valence-electron chi connectivity index (χ2n) is 6.79. The minimum atomic E-state index is -0.170. The van der Waals surface area contributed by atoms with E-state index in [2.05, 4.69) is 30.1 Å². The normalized spacial score (nSPS) is 18.4. The Morgan fingerprint density at radius 3 is 3.11 bits per heavy atom. The van der Waals surface area contributed by atoms with E-state index in [1.165, 1.54) is 6.20 Å². The number of fused-ring (bicyclic) bond motifs is 1. The third-order valence-electron chi connectivity index (χ3n) is 4.92. The molecule has 10 heteroatoms. The van der Waals surface area contributed by atoms with Gasteiger partial charge in [0.1, 0.15) is 11.2 Å². The van der Waals surface area contributed by atoms with E-state index in [1.54, 1.807) is 18.8 Å². The maximum Gasteiger partial charge on any atom is 0.262 e. The maximum atomic E-state index is 12.3. The van der Waals surface area contributed by atoms with E-state index in [-0.39, 0.29) is 11.6 Å². The Kier molecular flexibility index (Phi) is 4.99. The summed E-state index contributed by atoms with van der Waals surface area (Å²) in [5.74, 6) is 1.88. The second kappa shape index (κ2) is 7.57. The Bertz CT molecular complexity index is 976. The van der Waals surface area contributed by atoms with Crippen molar-refractivity contribution in [1.82, 2.24) is 34.8 Å². The van der Waals surface area contributed by atoms with Gasteiger partial charge in [-0.25, -0.2) is 4.98 Å². The number of aromatic amines is 1. The molecule has 3 aromatic heterocycles. The first-order chi connectivity index (χ1) is 13.2. The number of nitrogens with one attached hydrogen (secondary N) is 1. The molecule has 10 nitrogen and oxygen atoms in total. The van der Waals surface area contributed by atoms with Gasteiger partial charge in [0, 0.05) is 20.6 Å². The lowest BCUT2D eigenvalue weighted by Crippen LogP contribution is -2.34. The highest BCUT2D eigenvalue weighted by molar-refractivity contribution is 5.72. The molecule has 27 heavy (non-hydrogen) atoms. The van der Waals surface area contributed by atoms with Gasteiger partial charge in [-0.1, -0.05) is 11.6 Å². The van der Waals surface area contributed by atoms with Crippen molar-refractivity contribution < 1.29 is 9.26 Å². The van der Waals surface area contributed by atoms with Gasteiger partial charge in [0.25, 0.3) is 5.56 Å². The molecular formula is C17H23N7O3. The van der Waals surface area contributed by atoms with Crippen LogP contribution in [0, 0.1) is 0 Å². The maximum absolute atomic E-state index is 12.3. The summed E-state index contributed by atoms with van der Waals surface area (Å²) >= 11 is 0. The monoisotopic (exact) mass is 373 g/mol. The lowest BCUT2D eigenvalue weighted by atomic mass is 10.0. The molecule has 144 valence electrons. The molecule has 1 atom stereocenters. The number of H-pyrrole nitrogens is 1. The summed E-state index contributed by atoms with van der Waals surface area (Å²) in [6.07, 6.45) is 5.28. The molecule has 1 aliphatic heterocycles. The van der Waals surface area contributed by atoms with Crippen LogP contribution in [-0.4, -0.2) is 55.1 Å². The summed E-state index contributed by atoms with van der Waals surface area (Å²) in [5, 5.41) is 8.66. The summed E-state index contributed by atoms with van der Waals surface area (Å²) in [5.41, 5.74) is 0.415. The predicted molar refractivity (Wildman–Crippen MR) is 96.0 cm³/mol. The smallest absolute Gasteiger partial charge is 0.262 e. The van der Waals surface area contributed by atoms with Crippen LogP contribution in [0.25, 0.3) is 11.0 Å². The van der Waals surface area contributed by atoms with Crippen LogP contribution in [-0.2, 0) is 24.8 Å². The van der Waals surface area contributed by atoms with Gasteiger partial charge in [0.2, 0.25) is 5.89 Å². The highest BCUT2D eigenvalue weighted by Gasteiger charge is 2.29. The van der Waals surface area contributed by atoms with E-state index < -0.39 is 0 Å². The van der Waals surface area contributed by atoms with E-state index >= 15 is 0 Å². The minimum Gasteiger partial charge on any atom is -0.384 e. The molecule has 0 aromatic carbocycles. The first-order valence-corrected chi connectivity index (χ1v) is 9.12. The number of hydrogen-bond donors (Lipinski definition) is 1. The topological polar surface area (TPSA) is 115 Å². The third-order valence-corrected chi connectivity index (χ3v) is 4.92. The minimum absolute atomic E-state index is 0.0232. The number of methoxy groups -OCH3 is 1. The number of piperidine rings is 1. The van der Waals surface area contributed by atoms with Gasteiger partial charge in [-0.15, -0.1) is 0 Å². The average Bonchev–Trinajstić information content (AvgIpc) is 3.28. The SMILES string of the molecule is COCCc1noc([C@H]2CCCCN2Cc2nc3c(cnn3C)c(=O)[nH]2)n1. The van der Waals surface area contributed by atoms with Gasteiger partial charge in [-0.05, 0) is 19.4 Å². The molecule has 4 heterocycles. The summed E-state index contributed by atoms with van der Waals surface area (Å²) in [6.45, 7) is 1.95. The molecule has 0 bridgehead atoms. The van der Waals surface area contributed by atoms with E-state index in [9.17, 15) is 4.79 Å². The standard InChI is InChI=1S/C17H23N7O3/c1-23-15-11(9-18-23)16(25)20-14(19-15)10-24-7-4-3-5-12(24)17-21-13(22-27-17)6-8-26-2/h9,12H,3-8,10H2,1-2H3,(H,19,20,25)/t12-/m1/s1. The van der Waals surface area contributed by atoms with Crippen molar-refractivity contribution in [3.63, 3.8) is 0 Å². The number of likely N-dealkylation sites (tertiary alicyclic amines) is 1. The lowest BCUT2D eigenvalue weighted by molar-refractivity contribution is 0.108. The highest BCUT2D eigenvalue weighted by Crippen LogP contribution is 2.30. The number of aryl methyl sites for hydroxylation is 1. The van der Waals surface area contributed by atoms with Crippen molar-refractivity contribution in [2.75, 3.05) is 20.3 Å². The van der Waals surface area contributed by atoms with Gasteiger partial charge >= 0.3 is 0 Å². The third kappa shape index (κ3) is 3.62. The molecule has 0 amide bonds. The average molecular weight is 373 g/mol. The van der Waals surface area contributed by atoms with E-state index in [0.29, 0.717) is 48.1 Å². The van der Waals surface area contributed by atoms with Gasteiger partial charge in [0.05, 0.1) is 25.4 Å². The van der Waals surface area contributed by atoms with Crippen LogP contribution in [0.1, 0.15) is 42.8 Å². The molecule has 3 aromatic rings. The van der Waals surface area contributed by atoms with Crippen LogP contribution in [0.3, 0.4) is 0 Å². The van der Waals surface area contributed by atoms with Crippen molar-refractivity contribution in [2.45, 2.75) is 38.3 Å². The van der Waals surface area contributed by atoms with Crippen LogP contribution >= 0.6 is 0 Å². The molecule has 0 radical (unpaired) electrons. The summed E-state index contributed by atoms with van der Waals surface area (Å²) in [6, 6.07) is 0.0232. The summed E-state index contributed by atoms with van der Waals surface area (Å²) < 4.78 is 12.2. The zero-order valence-corrected chi connectivity index (χ0v) is 15.5. The Hall–Kier alpha value is -2.59. The zero-order chi connectivity index (χ0) is 18.8. The Morgan fingerprint density at radius 2 is 2.26 bits per heavy atom. The molecule has 0 aliphatic carbocycles. The second-order valence-corrected chi connectivity index (χ2v) is 6.79. The number of aromatic nitrogens is 6. The first kappa shape index (κ1) is 17.8. The Labute approximate surface area is 155 Å². The highest BCUT2D eigenvalue weighted by atomic mass is 16.5. The van der Waals surface area contributed by atoms with Crippen LogP contribution < -0.4 is 5.56 Å². The molecular weight excluding hydrogens is 350 g/mol. The largest absolute Gasteiger partial charge is 0.384 e. The summed E-state index contributed by atoms with van der Waals surface area (Å²) in [7, 11) is 3.43. The van der Waals surface area contributed by atoms with Crippen molar-refractivity contribution in [2.24, 2.45) is 7.05 Å². The fourth-order valence-corrected chi connectivity index (χ4v) is 3.50. The first-order valence-electron chi connectivity index (χ1n) is 9.12. The fraction of sp³-hybridized carbons (Fsp3) is 0.588. The van der Waals surface area contributed by atoms with Gasteiger partial charge in [-0.2, -0.15) is 10.1 Å². The van der Waals surface area contributed by atoms with Crippen LogP contribution in [0.4, 0.5) is 0 Å². The lowest BCUT2D eigenvalue weighted by Gasteiger charge is -2.32. The van der Waals surface area contributed by atoms with Crippen LogP contribution in [0.5, 0.6) is 0 Å². The van der Waals surface area contributed by atoms with E-state index in [4.69, 9.17) is 9.26 Å². The molecule has 0 unspecified atom stereocenters. The fourth-order valence-electron chi connectivity index (χ4n) is 3.50. The number of ether oxygens (including phenoxy) is 1. The molecule has 1 N–H and O–H groups in total. The molecule has 1 saturated heterocycles. The predicted octanol–water partition coefficient (Wildman–Crippen LogP) is 0.956. The Balaban J connectivity index is 1.57. The van der Waals surface area contributed by atoms with Gasteiger partial charge < -0.3 is 14.2 Å².